The van der Waals surface area contributed by atoms with Crippen LogP contribution in [0.2, 0.25) is 0 Å². The van der Waals surface area contributed by atoms with Crippen molar-refractivity contribution in [2.75, 3.05) is 6.61 Å². The second-order valence-corrected chi connectivity index (χ2v) is 3.55. The Kier molecular flexibility index (Phi) is 3.96. The minimum atomic E-state index is -4.67. The third-order valence-electron chi connectivity index (χ3n) is 2.24. The van der Waals surface area contributed by atoms with Crippen molar-refractivity contribution in [1.29, 1.82) is 5.26 Å². The van der Waals surface area contributed by atoms with Crippen LogP contribution >= 0.6 is 0 Å². The Labute approximate surface area is 102 Å². The maximum atomic E-state index is 12.9. The van der Waals surface area contributed by atoms with Gasteiger partial charge in [0.05, 0.1) is 29.4 Å². The second kappa shape index (κ2) is 5.08. The smallest absolute Gasteiger partial charge is 0.417 e. The average Bonchev–Trinajstić information content (AvgIpc) is 2.26. The van der Waals surface area contributed by atoms with Crippen LogP contribution in [0.4, 0.5) is 13.2 Å². The van der Waals surface area contributed by atoms with E-state index in [1.807, 2.05) is 0 Å². The number of rotatable bonds is 2. The van der Waals surface area contributed by atoms with Gasteiger partial charge in [-0.15, -0.1) is 0 Å². The fourth-order valence-corrected chi connectivity index (χ4v) is 1.60. The number of hydrogen-bond donors (Lipinski definition) is 0. The number of benzene rings is 1. The number of alkyl halides is 3. The van der Waals surface area contributed by atoms with Crippen LogP contribution in [0, 0.1) is 18.3 Å². The molecule has 0 fully saturated rings. The molecular weight excluding hydrogens is 247 g/mol. The number of hydrogen-bond acceptors (Lipinski definition) is 3. The van der Waals surface area contributed by atoms with Gasteiger partial charge in [-0.25, -0.2) is 4.79 Å². The van der Waals surface area contributed by atoms with Crippen molar-refractivity contribution >= 4 is 5.97 Å². The highest BCUT2D eigenvalue weighted by atomic mass is 19.4. The predicted molar refractivity (Wildman–Crippen MR) is 56.9 cm³/mol. The lowest BCUT2D eigenvalue weighted by molar-refractivity contribution is -0.138. The lowest BCUT2D eigenvalue weighted by atomic mass is 9.98. The van der Waals surface area contributed by atoms with Crippen LogP contribution in [0.5, 0.6) is 0 Å². The Balaban J connectivity index is 3.50. The molecule has 0 saturated heterocycles. The van der Waals surface area contributed by atoms with Crippen molar-refractivity contribution in [3.63, 3.8) is 0 Å². The van der Waals surface area contributed by atoms with Gasteiger partial charge in [-0.1, -0.05) is 0 Å². The topological polar surface area (TPSA) is 50.1 Å². The number of nitrogens with zero attached hydrogens (tertiary/aromatic N) is 1. The Morgan fingerprint density at radius 3 is 2.50 bits per heavy atom. The predicted octanol–water partition coefficient (Wildman–Crippen LogP) is 3.06. The molecule has 1 rings (SSSR count). The van der Waals surface area contributed by atoms with Crippen LogP contribution < -0.4 is 0 Å². The van der Waals surface area contributed by atoms with Gasteiger partial charge in [-0.2, -0.15) is 18.4 Å². The normalized spacial score (nSPS) is 10.9. The molecule has 0 radical (unpaired) electrons. The highest BCUT2D eigenvalue weighted by molar-refractivity contribution is 5.92. The Hall–Kier alpha value is -2.03. The number of carbonyl (C=O) groups excluding carboxylic acids is 1. The number of aryl methyl sites for hydroxylation is 1. The van der Waals surface area contributed by atoms with E-state index in [-0.39, 0.29) is 17.7 Å². The van der Waals surface area contributed by atoms with E-state index in [1.165, 1.54) is 13.8 Å². The standard InChI is InChI=1S/C12H10F3NO2/c1-3-18-11(17)9-5-8(6-16)4-7(2)10(9)12(13,14)15/h4-5H,3H2,1-2H3. The second-order valence-electron chi connectivity index (χ2n) is 3.55. The molecule has 3 nitrogen and oxygen atoms in total. The summed E-state index contributed by atoms with van der Waals surface area (Å²) in [6.07, 6.45) is -4.67. The molecule has 1 aromatic rings. The summed E-state index contributed by atoms with van der Waals surface area (Å²) in [7, 11) is 0. The monoisotopic (exact) mass is 257 g/mol. The van der Waals surface area contributed by atoms with Crippen molar-refractivity contribution in [2.45, 2.75) is 20.0 Å². The van der Waals surface area contributed by atoms with E-state index < -0.39 is 23.3 Å². The average molecular weight is 257 g/mol. The van der Waals surface area contributed by atoms with Crippen molar-refractivity contribution < 1.29 is 22.7 Å². The Morgan fingerprint density at radius 2 is 2.06 bits per heavy atom. The zero-order valence-corrected chi connectivity index (χ0v) is 9.76. The first-order valence-corrected chi connectivity index (χ1v) is 5.10. The summed E-state index contributed by atoms with van der Waals surface area (Å²) < 4.78 is 43.1. The Bertz CT molecular complexity index is 515. The summed E-state index contributed by atoms with van der Waals surface area (Å²) in [6, 6.07) is 3.69. The van der Waals surface area contributed by atoms with E-state index in [2.05, 4.69) is 4.74 Å². The van der Waals surface area contributed by atoms with Crippen LogP contribution in [-0.4, -0.2) is 12.6 Å². The van der Waals surface area contributed by atoms with E-state index in [0.717, 1.165) is 12.1 Å². The lowest BCUT2D eigenvalue weighted by Gasteiger charge is -2.15. The highest BCUT2D eigenvalue weighted by Gasteiger charge is 2.37. The highest BCUT2D eigenvalue weighted by Crippen LogP contribution is 2.35. The van der Waals surface area contributed by atoms with E-state index in [0.29, 0.717) is 0 Å². The molecule has 0 spiro atoms. The molecule has 0 aromatic heterocycles. The molecule has 1 aromatic carbocycles. The molecule has 0 aliphatic rings. The molecule has 0 aliphatic carbocycles. The van der Waals surface area contributed by atoms with Gasteiger partial charge in [0.25, 0.3) is 0 Å². The molecule has 0 bridgehead atoms. The molecule has 0 amide bonds. The fourth-order valence-electron chi connectivity index (χ4n) is 1.60. The number of halogens is 3. The van der Waals surface area contributed by atoms with Gasteiger partial charge in [-0.05, 0) is 31.5 Å². The summed E-state index contributed by atoms with van der Waals surface area (Å²) in [4.78, 5) is 11.5. The molecule has 0 heterocycles. The van der Waals surface area contributed by atoms with Crippen molar-refractivity contribution in [3.05, 3.63) is 34.4 Å². The summed E-state index contributed by atoms with van der Waals surface area (Å²) in [6.45, 7) is 2.66. The zero-order valence-electron chi connectivity index (χ0n) is 9.76. The zero-order chi connectivity index (χ0) is 13.9. The summed E-state index contributed by atoms with van der Waals surface area (Å²) in [5.41, 5.74) is -1.87. The van der Waals surface area contributed by atoms with Crippen LogP contribution in [-0.2, 0) is 10.9 Å². The minimum absolute atomic E-state index is 0.0106. The largest absolute Gasteiger partial charge is 0.462 e. The number of esters is 1. The van der Waals surface area contributed by atoms with E-state index in [4.69, 9.17) is 5.26 Å². The molecule has 18 heavy (non-hydrogen) atoms. The van der Waals surface area contributed by atoms with Crippen LogP contribution in [0.25, 0.3) is 0 Å². The fraction of sp³-hybridized carbons (Fsp3) is 0.333. The van der Waals surface area contributed by atoms with Gasteiger partial charge in [0.15, 0.2) is 0 Å². The van der Waals surface area contributed by atoms with Crippen molar-refractivity contribution in [3.8, 4) is 6.07 Å². The number of ether oxygens (including phenoxy) is 1. The van der Waals surface area contributed by atoms with Gasteiger partial charge in [-0.3, -0.25) is 0 Å². The molecule has 0 N–H and O–H groups in total. The first-order valence-electron chi connectivity index (χ1n) is 5.10. The minimum Gasteiger partial charge on any atom is -0.462 e. The third kappa shape index (κ3) is 2.80. The van der Waals surface area contributed by atoms with Gasteiger partial charge in [0.1, 0.15) is 0 Å². The SMILES string of the molecule is CCOC(=O)c1cc(C#N)cc(C)c1C(F)(F)F. The van der Waals surface area contributed by atoms with Gasteiger partial charge in [0.2, 0.25) is 0 Å². The molecule has 96 valence electrons. The van der Waals surface area contributed by atoms with Gasteiger partial charge >= 0.3 is 12.1 Å². The maximum absolute atomic E-state index is 12.9. The van der Waals surface area contributed by atoms with E-state index >= 15 is 0 Å². The lowest BCUT2D eigenvalue weighted by Crippen LogP contribution is -2.17. The summed E-state index contributed by atoms with van der Waals surface area (Å²) in [5.74, 6) is -1.08. The molecule has 0 saturated carbocycles. The van der Waals surface area contributed by atoms with Crippen molar-refractivity contribution in [1.82, 2.24) is 0 Å². The van der Waals surface area contributed by atoms with Crippen LogP contribution in [0.1, 0.15) is 34.0 Å². The van der Waals surface area contributed by atoms with Gasteiger partial charge < -0.3 is 4.74 Å². The molecular formula is C12H10F3NO2. The van der Waals surface area contributed by atoms with E-state index in [1.54, 1.807) is 6.07 Å². The third-order valence-corrected chi connectivity index (χ3v) is 2.24. The molecule has 0 unspecified atom stereocenters. The molecule has 6 heteroatoms. The Morgan fingerprint density at radius 1 is 1.44 bits per heavy atom. The number of carbonyl (C=O) groups is 1. The van der Waals surface area contributed by atoms with Crippen molar-refractivity contribution in [2.24, 2.45) is 0 Å². The van der Waals surface area contributed by atoms with Gasteiger partial charge in [0, 0.05) is 0 Å². The molecule has 0 aliphatic heterocycles. The summed E-state index contributed by atoms with van der Waals surface area (Å²) >= 11 is 0. The summed E-state index contributed by atoms with van der Waals surface area (Å²) in [5, 5.41) is 8.71. The maximum Gasteiger partial charge on any atom is 0.417 e. The first-order chi connectivity index (χ1) is 8.31. The van der Waals surface area contributed by atoms with Crippen LogP contribution in [0.15, 0.2) is 12.1 Å². The molecule has 0 atom stereocenters. The van der Waals surface area contributed by atoms with E-state index in [9.17, 15) is 18.0 Å². The van der Waals surface area contributed by atoms with Crippen LogP contribution in [0.3, 0.4) is 0 Å². The number of nitriles is 1. The quantitative estimate of drug-likeness (QED) is 0.765. The first kappa shape index (κ1) is 14.0.